The first-order valence-corrected chi connectivity index (χ1v) is 5.60. The van der Waals surface area contributed by atoms with E-state index in [1.54, 1.807) is 6.42 Å². The Balaban J connectivity index is 1.83. The van der Waals surface area contributed by atoms with Gasteiger partial charge in [-0.1, -0.05) is 6.42 Å². The second kappa shape index (κ2) is 2.47. The number of fused-ring (bicyclic) bond motifs is 5. The predicted octanol–water partition coefficient (Wildman–Crippen LogP) is 2.02. The predicted molar refractivity (Wildman–Crippen MR) is 49.6 cm³/mol. The lowest BCUT2D eigenvalue weighted by atomic mass is 9.76. The summed E-state index contributed by atoms with van der Waals surface area (Å²) in [5.74, 6) is 5.30. The average Bonchev–Trinajstić information content (AvgIpc) is 2.75. The second-order valence-corrected chi connectivity index (χ2v) is 5.15. The first-order chi connectivity index (χ1) is 5.90. The Morgan fingerprint density at radius 3 is 2.67 bits per heavy atom. The topological polar surface area (TPSA) is 26.0 Å². The lowest BCUT2D eigenvalue weighted by Gasteiger charge is -2.30. The van der Waals surface area contributed by atoms with Gasteiger partial charge in [0.1, 0.15) is 0 Å². The molecule has 3 fully saturated rings. The first kappa shape index (κ1) is 7.37. The van der Waals surface area contributed by atoms with Crippen molar-refractivity contribution in [1.82, 2.24) is 0 Å². The number of hydrogen-bond donors (Lipinski definition) is 1. The Morgan fingerprint density at radius 2 is 1.83 bits per heavy atom. The van der Waals surface area contributed by atoms with Crippen LogP contribution in [0.4, 0.5) is 0 Å². The molecule has 0 radical (unpaired) electrons. The van der Waals surface area contributed by atoms with Gasteiger partial charge in [0.05, 0.1) is 0 Å². The summed E-state index contributed by atoms with van der Waals surface area (Å²) >= 11 is 0. The molecule has 3 saturated carbocycles. The highest BCUT2D eigenvalue weighted by Crippen LogP contribution is 2.60. The zero-order valence-electron chi connectivity index (χ0n) is 7.71. The zero-order valence-corrected chi connectivity index (χ0v) is 7.71. The Kier molecular flexibility index (Phi) is 1.52. The third kappa shape index (κ3) is 0.783. The van der Waals surface area contributed by atoms with Gasteiger partial charge in [0, 0.05) is 0 Å². The fourth-order valence-corrected chi connectivity index (χ4v) is 4.48. The van der Waals surface area contributed by atoms with Crippen LogP contribution in [0.1, 0.15) is 32.1 Å². The summed E-state index contributed by atoms with van der Waals surface area (Å²) < 4.78 is 0. The lowest BCUT2D eigenvalue weighted by molar-refractivity contribution is 0.194. The van der Waals surface area contributed by atoms with Gasteiger partial charge in [-0.25, -0.2) is 0 Å². The molecule has 2 bridgehead atoms. The summed E-state index contributed by atoms with van der Waals surface area (Å²) in [4.78, 5) is 0. The molecule has 0 aliphatic heterocycles. The maximum Gasteiger partial charge on any atom is -0.00460 e. The molecule has 3 aliphatic rings. The average molecular weight is 165 g/mol. The Labute approximate surface area is 74.7 Å². The van der Waals surface area contributed by atoms with Gasteiger partial charge in [-0.15, -0.1) is 0 Å². The lowest BCUT2D eigenvalue weighted by Crippen LogP contribution is -2.29. The summed E-state index contributed by atoms with van der Waals surface area (Å²) in [6, 6.07) is 0. The number of hydrogen-bond acceptors (Lipinski definition) is 1. The van der Waals surface area contributed by atoms with Crippen molar-refractivity contribution in [2.24, 2.45) is 35.3 Å². The van der Waals surface area contributed by atoms with Gasteiger partial charge in [0.2, 0.25) is 0 Å². The fourth-order valence-electron chi connectivity index (χ4n) is 4.48. The molecule has 0 unspecified atom stereocenters. The van der Waals surface area contributed by atoms with E-state index in [0.29, 0.717) is 0 Å². The SMILES string of the molecule is NC[C@@H]1C[C@@H]2C[C@H]1[C@@H]1CCC[C@H]21. The molecule has 1 nitrogen and oxygen atoms in total. The minimum Gasteiger partial charge on any atom is -0.330 e. The molecule has 5 atom stereocenters. The van der Waals surface area contributed by atoms with Crippen molar-refractivity contribution in [2.75, 3.05) is 6.54 Å². The molecule has 1 heteroatoms. The van der Waals surface area contributed by atoms with E-state index < -0.39 is 0 Å². The van der Waals surface area contributed by atoms with Crippen molar-refractivity contribution in [1.29, 1.82) is 0 Å². The molecule has 0 aromatic rings. The minimum absolute atomic E-state index is 0.911. The molecule has 0 aromatic carbocycles. The summed E-state index contributed by atoms with van der Waals surface area (Å²) in [5, 5.41) is 0. The molecule has 68 valence electrons. The van der Waals surface area contributed by atoms with Crippen LogP contribution in [-0.2, 0) is 0 Å². The Hall–Kier alpha value is -0.0400. The molecular formula is C11H19N. The van der Waals surface area contributed by atoms with E-state index in [2.05, 4.69) is 0 Å². The quantitative estimate of drug-likeness (QED) is 0.632. The van der Waals surface area contributed by atoms with Crippen LogP contribution in [0.25, 0.3) is 0 Å². The van der Waals surface area contributed by atoms with Gasteiger partial charge >= 0.3 is 0 Å². The molecule has 0 spiro atoms. The van der Waals surface area contributed by atoms with E-state index >= 15 is 0 Å². The van der Waals surface area contributed by atoms with E-state index in [4.69, 9.17) is 5.73 Å². The van der Waals surface area contributed by atoms with Crippen LogP contribution in [0.2, 0.25) is 0 Å². The number of rotatable bonds is 1. The van der Waals surface area contributed by atoms with Crippen LogP contribution in [0, 0.1) is 29.6 Å². The van der Waals surface area contributed by atoms with Crippen molar-refractivity contribution in [3.05, 3.63) is 0 Å². The van der Waals surface area contributed by atoms with E-state index in [0.717, 1.165) is 36.1 Å². The normalized spacial score (nSPS) is 56.2. The molecule has 0 heterocycles. The molecule has 0 aromatic heterocycles. The summed E-state index contributed by atoms with van der Waals surface area (Å²) in [5.41, 5.74) is 5.80. The van der Waals surface area contributed by atoms with Crippen LogP contribution < -0.4 is 5.73 Å². The Bertz CT molecular complexity index is 187. The van der Waals surface area contributed by atoms with Crippen LogP contribution in [0.15, 0.2) is 0 Å². The van der Waals surface area contributed by atoms with Crippen LogP contribution in [0.3, 0.4) is 0 Å². The molecule has 3 rings (SSSR count). The van der Waals surface area contributed by atoms with Crippen LogP contribution in [-0.4, -0.2) is 6.54 Å². The van der Waals surface area contributed by atoms with E-state index in [1.807, 2.05) is 0 Å². The van der Waals surface area contributed by atoms with Crippen molar-refractivity contribution >= 4 is 0 Å². The van der Waals surface area contributed by atoms with Gasteiger partial charge in [0.25, 0.3) is 0 Å². The molecule has 3 aliphatic carbocycles. The summed E-state index contributed by atoms with van der Waals surface area (Å²) in [6.07, 6.45) is 7.60. The zero-order chi connectivity index (χ0) is 8.13. The third-order valence-corrected chi connectivity index (χ3v) is 4.87. The molecule has 0 saturated heterocycles. The van der Waals surface area contributed by atoms with Gasteiger partial charge in [-0.3, -0.25) is 0 Å². The van der Waals surface area contributed by atoms with E-state index in [9.17, 15) is 0 Å². The van der Waals surface area contributed by atoms with Crippen LogP contribution >= 0.6 is 0 Å². The number of nitrogens with two attached hydrogens (primary N) is 1. The van der Waals surface area contributed by atoms with Gasteiger partial charge in [-0.05, 0) is 61.8 Å². The van der Waals surface area contributed by atoms with Crippen LogP contribution in [0.5, 0.6) is 0 Å². The second-order valence-electron chi connectivity index (χ2n) is 5.15. The molecule has 2 N–H and O–H groups in total. The highest BCUT2D eigenvalue weighted by atomic mass is 14.6. The summed E-state index contributed by atoms with van der Waals surface area (Å²) in [6.45, 7) is 0.963. The standard InChI is InChI=1S/C11H19N/c12-6-8-4-7-5-11(8)10-3-1-2-9(7)10/h7-11H,1-6,12H2/t7-,8+,9-,10-,11-/m1/s1. The minimum atomic E-state index is 0.911. The van der Waals surface area contributed by atoms with Crippen molar-refractivity contribution in [3.8, 4) is 0 Å². The largest absolute Gasteiger partial charge is 0.330 e. The van der Waals surface area contributed by atoms with Crippen molar-refractivity contribution in [3.63, 3.8) is 0 Å². The van der Waals surface area contributed by atoms with Gasteiger partial charge in [0.15, 0.2) is 0 Å². The van der Waals surface area contributed by atoms with Gasteiger partial charge < -0.3 is 5.73 Å². The van der Waals surface area contributed by atoms with E-state index in [1.165, 1.54) is 25.7 Å². The first-order valence-electron chi connectivity index (χ1n) is 5.60. The van der Waals surface area contributed by atoms with Crippen molar-refractivity contribution < 1.29 is 0 Å². The third-order valence-electron chi connectivity index (χ3n) is 4.87. The molecule has 0 amide bonds. The Morgan fingerprint density at radius 1 is 1.00 bits per heavy atom. The summed E-state index contributed by atoms with van der Waals surface area (Å²) in [7, 11) is 0. The monoisotopic (exact) mass is 165 g/mol. The highest BCUT2D eigenvalue weighted by Gasteiger charge is 2.52. The maximum absolute atomic E-state index is 5.80. The van der Waals surface area contributed by atoms with E-state index in [-0.39, 0.29) is 0 Å². The maximum atomic E-state index is 5.80. The van der Waals surface area contributed by atoms with Gasteiger partial charge in [-0.2, -0.15) is 0 Å². The fraction of sp³-hybridized carbons (Fsp3) is 1.00. The molecular weight excluding hydrogens is 146 g/mol. The molecule has 12 heavy (non-hydrogen) atoms. The highest BCUT2D eigenvalue weighted by molar-refractivity contribution is 5.02. The van der Waals surface area contributed by atoms with Crippen molar-refractivity contribution in [2.45, 2.75) is 32.1 Å². The smallest absolute Gasteiger partial charge is 0.00460 e.